The van der Waals surface area contributed by atoms with Crippen molar-refractivity contribution in [3.63, 3.8) is 0 Å². The van der Waals surface area contributed by atoms with Gasteiger partial charge in [0.15, 0.2) is 0 Å². The molecule has 0 nitrogen and oxygen atoms in total. The van der Waals surface area contributed by atoms with Crippen molar-refractivity contribution in [1.82, 2.24) is 0 Å². The van der Waals surface area contributed by atoms with E-state index >= 15 is 0 Å². The predicted octanol–water partition coefficient (Wildman–Crippen LogP) is 6.94. The molecule has 2 aromatic carbocycles. The predicted molar refractivity (Wildman–Crippen MR) is 147 cm³/mol. The molecule has 0 spiro atoms. The zero-order valence-electron chi connectivity index (χ0n) is 18.5. The summed E-state index contributed by atoms with van der Waals surface area (Å²) < 4.78 is 0. The van der Waals surface area contributed by atoms with Gasteiger partial charge in [0.05, 0.1) is 0 Å². The van der Waals surface area contributed by atoms with Crippen molar-refractivity contribution in [3.8, 4) is 0 Å². The summed E-state index contributed by atoms with van der Waals surface area (Å²) in [4.78, 5) is 1.55. The fourth-order valence-electron chi connectivity index (χ4n) is 3.91. The maximum absolute atomic E-state index is 2.41. The SMILES string of the molecule is C1=CC([Se]CCC[Se]Cc2cccc3cccc(C[Se]CCC[Se]C4C=CC=C4)c23)C=C1. The molecule has 0 radical (unpaired) electrons. The van der Waals surface area contributed by atoms with E-state index in [2.05, 4.69) is 85.0 Å². The average molecular weight is 684 g/mol. The molecule has 4 heteroatoms. The van der Waals surface area contributed by atoms with Crippen LogP contribution in [0.3, 0.4) is 0 Å². The molecule has 0 saturated carbocycles. The molecule has 0 aliphatic heterocycles. The average Bonchev–Trinajstić information content (AvgIpc) is 3.53. The van der Waals surface area contributed by atoms with Gasteiger partial charge in [-0.1, -0.05) is 0 Å². The van der Waals surface area contributed by atoms with Crippen LogP contribution in [0.1, 0.15) is 24.0 Å². The molecule has 0 N–H and O–H groups in total. The second-order valence-electron chi connectivity index (χ2n) is 7.96. The summed E-state index contributed by atoms with van der Waals surface area (Å²) in [5.41, 5.74) is 3.23. The van der Waals surface area contributed by atoms with E-state index in [4.69, 9.17) is 0 Å². The van der Waals surface area contributed by atoms with E-state index in [0.717, 1.165) is 69.5 Å². The molecule has 168 valence electrons. The summed E-state index contributed by atoms with van der Waals surface area (Å²) in [7, 11) is 0. The Kier molecular flexibility index (Phi) is 11.0. The van der Waals surface area contributed by atoms with Crippen LogP contribution in [0.2, 0.25) is 30.9 Å². The second kappa shape index (κ2) is 14.2. The minimum absolute atomic E-state index is 0.731. The second-order valence-corrected chi connectivity index (χ2v) is 18.0. The normalized spacial score (nSPS) is 15.6. The fraction of sp³-hybridized carbons (Fsp3) is 0.357. The Hall–Kier alpha value is -0.262. The molecule has 2 aromatic rings. The number of fused-ring (bicyclic) bond motifs is 1. The molecular weight excluding hydrogens is 652 g/mol. The third-order valence-electron chi connectivity index (χ3n) is 5.50. The van der Waals surface area contributed by atoms with E-state index < -0.39 is 0 Å². The first-order chi connectivity index (χ1) is 15.9. The zero-order chi connectivity index (χ0) is 21.8. The molecule has 0 bridgehead atoms. The Bertz CT molecular complexity index is 874. The molecule has 0 aromatic heterocycles. The van der Waals surface area contributed by atoms with E-state index in [-0.39, 0.29) is 0 Å². The molecule has 0 amide bonds. The summed E-state index contributed by atoms with van der Waals surface area (Å²) in [6.45, 7) is 0. The third-order valence-corrected chi connectivity index (χ3v) is 15.2. The molecule has 0 saturated heterocycles. The third kappa shape index (κ3) is 7.91. The molecule has 32 heavy (non-hydrogen) atoms. The van der Waals surface area contributed by atoms with Crippen LogP contribution in [0.15, 0.2) is 85.0 Å². The quantitative estimate of drug-likeness (QED) is 0.150. The van der Waals surface area contributed by atoms with Crippen molar-refractivity contribution < 1.29 is 0 Å². The Morgan fingerprint density at radius 1 is 0.562 bits per heavy atom. The van der Waals surface area contributed by atoms with Crippen molar-refractivity contribution in [1.29, 1.82) is 0 Å². The van der Waals surface area contributed by atoms with E-state index in [1.165, 1.54) is 50.1 Å². The Labute approximate surface area is 219 Å². The standard InChI is InChI=1S/C28H32Se4/c1-2-14-26(13-1)31-19-7-17-29-21-24-11-5-9-23-10-6-12-25(28(23)24)22-30-18-8-20-32-27-15-3-4-16-27/h1-6,9-16,26-27H,7-8,17-22H2. The summed E-state index contributed by atoms with van der Waals surface area (Å²) in [5.74, 6) is 0. The molecule has 0 unspecified atom stereocenters. The van der Waals surface area contributed by atoms with E-state index in [1.807, 2.05) is 0 Å². The fourth-order valence-corrected chi connectivity index (χ4v) is 13.9. The van der Waals surface area contributed by atoms with Crippen LogP contribution in [-0.2, 0) is 10.6 Å². The first-order valence-corrected chi connectivity index (χ1v) is 20.7. The van der Waals surface area contributed by atoms with Gasteiger partial charge in [-0.25, -0.2) is 0 Å². The number of hydrogen-bond donors (Lipinski definition) is 0. The van der Waals surface area contributed by atoms with Crippen LogP contribution in [0.4, 0.5) is 0 Å². The summed E-state index contributed by atoms with van der Waals surface area (Å²) in [6.07, 6.45) is 21.2. The summed E-state index contributed by atoms with van der Waals surface area (Å²) in [6, 6.07) is 14.0. The van der Waals surface area contributed by atoms with E-state index in [1.54, 1.807) is 16.5 Å². The van der Waals surface area contributed by atoms with Crippen LogP contribution < -0.4 is 0 Å². The monoisotopic (exact) mass is 688 g/mol. The van der Waals surface area contributed by atoms with Gasteiger partial charge >= 0.3 is 221 Å². The summed E-state index contributed by atoms with van der Waals surface area (Å²) in [5, 5.41) is 11.4. The van der Waals surface area contributed by atoms with Gasteiger partial charge in [0.25, 0.3) is 0 Å². The van der Waals surface area contributed by atoms with E-state index in [9.17, 15) is 0 Å². The van der Waals surface area contributed by atoms with Gasteiger partial charge in [-0.2, -0.15) is 0 Å². The molecule has 2 aliphatic rings. The molecule has 4 rings (SSSR count). The summed E-state index contributed by atoms with van der Waals surface area (Å²) >= 11 is 2.99. The van der Waals surface area contributed by atoms with Crippen molar-refractivity contribution in [2.45, 2.75) is 54.4 Å². The van der Waals surface area contributed by atoms with Crippen LogP contribution in [0.25, 0.3) is 10.8 Å². The van der Waals surface area contributed by atoms with Crippen molar-refractivity contribution in [2.24, 2.45) is 0 Å². The van der Waals surface area contributed by atoms with Crippen LogP contribution in [0.5, 0.6) is 0 Å². The first-order valence-electron chi connectivity index (χ1n) is 11.5. The van der Waals surface area contributed by atoms with Crippen molar-refractivity contribution in [2.75, 3.05) is 0 Å². The van der Waals surface area contributed by atoms with E-state index in [0.29, 0.717) is 0 Å². The van der Waals surface area contributed by atoms with Crippen LogP contribution in [-0.4, -0.2) is 59.8 Å². The number of rotatable bonds is 14. The van der Waals surface area contributed by atoms with Crippen LogP contribution in [0, 0.1) is 0 Å². The van der Waals surface area contributed by atoms with Gasteiger partial charge in [0.1, 0.15) is 0 Å². The van der Waals surface area contributed by atoms with Gasteiger partial charge in [-0.05, 0) is 0 Å². The van der Waals surface area contributed by atoms with Crippen LogP contribution >= 0.6 is 0 Å². The number of hydrogen-bond acceptors (Lipinski definition) is 0. The molecule has 0 atom stereocenters. The van der Waals surface area contributed by atoms with Gasteiger partial charge in [0.2, 0.25) is 0 Å². The van der Waals surface area contributed by atoms with Crippen molar-refractivity contribution in [3.05, 3.63) is 96.1 Å². The van der Waals surface area contributed by atoms with Gasteiger partial charge in [-0.15, -0.1) is 0 Å². The minimum atomic E-state index is 0.731. The Morgan fingerprint density at radius 2 is 1.03 bits per heavy atom. The van der Waals surface area contributed by atoms with Gasteiger partial charge in [0, 0.05) is 0 Å². The Balaban J connectivity index is 1.21. The molecule has 0 heterocycles. The first kappa shape index (κ1) is 24.8. The van der Waals surface area contributed by atoms with Gasteiger partial charge < -0.3 is 0 Å². The maximum atomic E-state index is 2.41. The van der Waals surface area contributed by atoms with Crippen molar-refractivity contribution >= 4 is 70.6 Å². The number of benzene rings is 2. The zero-order valence-corrected chi connectivity index (χ0v) is 25.4. The molecule has 0 fully saturated rings. The molecular formula is C28H32Se4. The number of allylic oxidation sites excluding steroid dienone is 8. The van der Waals surface area contributed by atoms with Gasteiger partial charge in [-0.3, -0.25) is 0 Å². The molecule has 2 aliphatic carbocycles. The topological polar surface area (TPSA) is 0 Å². The Morgan fingerprint density at radius 3 is 1.50 bits per heavy atom.